The Bertz CT molecular complexity index is 437. The molecular weight excluding hydrogens is 284 g/mol. The standard InChI is InChI=1S/C12H15BrN2O2/c1-8-7-15(3-4-17-8)12(16)11-5-10(13)6-14-9(11)2/h5-6,8H,3-4,7H2,1-2H3/t8-/m0/s1. The van der Waals surface area contributed by atoms with Crippen LogP contribution in [0.15, 0.2) is 16.7 Å². The summed E-state index contributed by atoms with van der Waals surface area (Å²) >= 11 is 3.34. The topological polar surface area (TPSA) is 42.4 Å². The Labute approximate surface area is 109 Å². The van der Waals surface area contributed by atoms with E-state index in [1.807, 2.05) is 24.8 Å². The molecule has 0 spiro atoms. The van der Waals surface area contributed by atoms with Gasteiger partial charge in [0.2, 0.25) is 0 Å². The molecule has 0 bridgehead atoms. The largest absolute Gasteiger partial charge is 0.375 e. The van der Waals surface area contributed by atoms with Crippen molar-refractivity contribution in [1.82, 2.24) is 9.88 Å². The first-order valence-electron chi connectivity index (χ1n) is 5.61. The molecule has 0 radical (unpaired) electrons. The minimum atomic E-state index is 0.0338. The summed E-state index contributed by atoms with van der Waals surface area (Å²) in [6.07, 6.45) is 1.81. The number of nitrogens with zero attached hydrogens (tertiary/aromatic N) is 2. The Hall–Kier alpha value is -0.940. The van der Waals surface area contributed by atoms with Gasteiger partial charge in [0.15, 0.2) is 0 Å². The first-order chi connectivity index (χ1) is 8.08. The normalized spacial score (nSPS) is 20.4. The van der Waals surface area contributed by atoms with E-state index in [0.717, 1.165) is 10.2 Å². The molecule has 5 heteroatoms. The molecule has 1 saturated heterocycles. The molecule has 17 heavy (non-hydrogen) atoms. The Balaban J connectivity index is 2.21. The molecule has 0 saturated carbocycles. The quantitative estimate of drug-likeness (QED) is 0.796. The van der Waals surface area contributed by atoms with Crippen molar-refractivity contribution in [3.8, 4) is 0 Å². The highest BCUT2D eigenvalue weighted by molar-refractivity contribution is 9.10. The Kier molecular flexibility index (Phi) is 3.79. The molecule has 2 heterocycles. The van der Waals surface area contributed by atoms with E-state index >= 15 is 0 Å². The van der Waals surface area contributed by atoms with Gasteiger partial charge in [0.05, 0.1) is 24.0 Å². The van der Waals surface area contributed by atoms with E-state index in [1.54, 1.807) is 6.20 Å². The number of amides is 1. The first-order valence-corrected chi connectivity index (χ1v) is 6.40. The molecule has 0 aliphatic carbocycles. The van der Waals surface area contributed by atoms with Gasteiger partial charge in [-0.05, 0) is 35.8 Å². The van der Waals surface area contributed by atoms with Gasteiger partial charge < -0.3 is 9.64 Å². The highest BCUT2D eigenvalue weighted by atomic mass is 79.9. The number of hydrogen-bond acceptors (Lipinski definition) is 3. The lowest BCUT2D eigenvalue weighted by Gasteiger charge is -2.31. The average Bonchev–Trinajstić information content (AvgIpc) is 2.31. The fourth-order valence-electron chi connectivity index (χ4n) is 1.90. The number of aryl methyl sites for hydroxylation is 1. The third-order valence-corrected chi connectivity index (χ3v) is 3.25. The Morgan fingerprint density at radius 3 is 3.12 bits per heavy atom. The van der Waals surface area contributed by atoms with E-state index < -0.39 is 0 Å². The molecule has 4 nitrogen and oxygen atoms in total. The van der Waals surface area contributed by atoms with Crippen molar-refractivity contribution >= 4 is 21.8 Å². The molecule has 1 fully saturated rings. The number of aromatic nitrogens is 1. The van der Waals surface area contributed by atoms with Crippen molar-refractivity contribution in [2.24, 2.45) is 0 Å². The number of halogens is 1. The lowest BCUT2D eigenvalue weighted by atomic mass is 10.1. The van der Waals surface area contributed by atoms with E-state index in [-0.39, 0.29) is 12.0 Å². The number of pyridine rings is 1. The maximum Gasteiger partial charge on any atom is 0.255 e. The maximum atomic E-state index is 12.3. The molecule has 1 atom stereocenters. The predicted octanol–water partition coefficient (Wildman–Crippen LogP) is 2.01. The van der Waals surface area contributed by atoms with E-state index in [4.69, 9.17) is 4.74 Å². The zero-order chi connectivity index (χ0) is 12.4. The molecular formula is C12H15BrN2O2. The molecule has 1 aromatic rings. The van der Waals surface area contributed by atoms with Crippen molar-refractivity contribution in [2.75, 3.05) is 19.7 Å². The Morgan fingerprint density at radius 2 is 2.41 bits per heavy atom. The summed E-state index contributed by atoms with van der Waals surface area (Å²) in [7, 11) is 0. The number of carbonyl (C=O) groups is 1. The summed E-state index contributed by atoms with van der Waals surface area (Å²) in [5.74, 6) is 0.0338. The molecule has 1 aliphatic heterocycles. The fourth-order valence-corrected chi connectivity index (χ4v) is 2.23. The Morgan fingerprint density at radius 1 is 1.65 bits per heavy atom. The van der Waals surface area contributed by atoms with Crippen LogP contribution in [0.4, 0.5) is 0 Å². The van der Waals surface area contributed by atoms with Gasteiger partial charge >= 0.3 is 0 Å². The molecule has 0 aromatic carbocycles. The van der Waals surface area contributed by atoms with Gasteiger partial charge in [-0.3, -0.25) is 9.78 Å². The second-order valence-corrected chi connectivity index (χ2v) is 5.13. The summed E-state index contributed by atoms with van der Waals surface area (Å²) in [5.41, 5.74) is 1.42. The zero-order valence-electron chi connectivity index (χ0n) is 9.94. The van der Waals surface area contributed by atoms with Crippen LogP contribution in [0.5, 0.6) is 0 Å². The molecule has 1 aromatic heterocycles. The maximum absolute atomic E-state index is 12.3. The predicted molar refractivity (Wildman–Crippen MR) is 68.0 cm³/mol. The van der Waals surface area contributed by atoms with Crippen LogP contribution in [0.3, 0.4) is 0 Å². The molecule has 1 amide bonds. The molecule has 1 aliphatic rings. The summed E-state index contributed by atoms with van der Waals surface area (Å²) in [4.78, 5) is 18.3. The van der Waals surface area contributed by atoms with E-state index in [2.05, 4.69) is 20.9 Å². The number of rotatable bonds is 1. The van der Waals surface area contributed by atoms with Crippen LogP contribution in [-0.4, -0.2) is 41.6 Å². The van der Waals surface area contributed by atoms with Crippen molar-refractivity contribution in [1.29, 1.82) is 0 Å². The van der Waals surface area contributed by atoms with Crippen molar-refractivity contribution < 1.29 is 9.53 Å². The minimum Gasteiger partial charge on any atom is -0.375 e. The molecule has 2 rings (SSSR count). The van der Waals surface area contributed by atoms with Crippen LogP contribution in [0, 0.1) is 6.92 Å². The van der Waals surface area contributed by atoms with E-state index in [1.165, 1.54) is 0 Å². The van der Waals surface area contributed by atoms with Crippen molar-refractivity contribution in [3.63, 3.8) is 0 Å². The lowest BCUT2D eigenvalue weighted by molar-refractivity contribution is -0.0124. The summed E-state index contributed by atoms with van der Waals surface area (Å²) in [6.45, 7) is 5.72. The van der Waals surface area contributed by atoms with Gasteiger partial charge in [0, 0.05) is 23.8 Å². The third kappa shape index (κ3) is 2.84. The number of carbonyl (C=O) groups excluding carboxylic acids is 1. The van der Waals surface area contributed by atoms with Gasteiger partial charge in [-0.25, -0.2) is 0 Å². The van der Waals surface area contributed by atoms with Crippen molar-refractivity contribution in [2.45, 2.75) is 20.0 Å². The van der Waals surface area contributed by atoms with Crippen molar-refractivity contribution in [3.05, 3.63) is 28.0 Å². The minimum absolute atomic E-state index is 0.0338. The second kappa shape index (κ2) is 5.14. The van der Waals surface area contributed by atoms with Crippen LogP contribution >= 0.6 is 15.9 Å². The molecule has 0 N–H and O–H groups in total. The highest BCUT2D eigenvalue weighted by Gasteiger charge is 2.23. The summed E-state index contributed by atoms with van der Waals surface area (Å²) in [5, 5.41) is 0. The van der Waals surface area contributed by atoms with Gasteiger partial charge in [-0.2, -0.15) is 0 Å². The van der Waals surface area contributed by atoms with Gasteiger partial charge in [-0.15, -0.1) is 0 Å². The van der Waals surface area contributed by atoms with Crippen LogP contribution in [0.2, 0.25) is 0 Å². The number of hydrogen-bond donors (Lipinski definition) is 0. The first kappa shape index (κ1) is 12.5. The molecule has 92 valence electrons. The summed E-state index contributed by atoms with van der Waals surface area (Å²) in [6, 6.07) is 1.82. The van der Waals surface area contributed by atoms with Crippen LogP contribution in [0.1, 0.15) is 23.0 Å². The van der Waals surface area contributed by atoms with Crippen LogP contribution < -0.4 is 0 Å². The molecule has 0 unspecified atom stereocenters. The van der Waals surface area contributed by atoms with Gasteiger partial charge in [0.1, 0.15) is 0 Å². The van der Waals surface area contributed by atoms with E-state index in [0.29, 0.717) is 25.3 Å². The summed E-state index contributed by atoms with van der Waals surface area (Å²) < 4.78 is 6.26. The average molecular weight is 299 g/mol. The van der Waals surface area contributed by atoms with Gasteiger partial charge in [0.25, 0.3) is 5.91 Å². The highest BCUT2D eigenvalue weighted by Crippen LogP contribution is 2.17. The van der Waals surface area contributed by atoms with Gasteiger partial charge in [-0.1, -0.05) is 0 Å². The van der Waals surface area contributed by atoms with Crippen LogP contribution in [0.25, 0.3) is 0 Å². The zero-order valence-corrected chi connectivity index (χ0v) is 11.5. The SMILES string of the molecule is Cc1ncc(Br)cc1C(=O)N1CCO[C@@H](C)C1. The van der Waals surface area contributed by atoms with E-state index in [9.17, 15) is 4.79 Å². The smallest absolute Gasteiger partial charge is 0.255 e. The van der Waals surface area contributed by atoms with Crippen LogP contribution in [-0.2, 0) is 4.74 Å². The number of ether oxygens (including phenoxy) is 1. The fraction of sp³-hybridized carbons (Fsp3) is 0.500. The number of morpholine rings is 1. The second-order valence-electron chi connectivity index (χ2n) is 4.22. The third-order valence-electron chi connectivity index (χ3n) is 2.81. The monoisotopic (exact) mass is 298 g/mol. The lowest BCUT2D eigenvalue weighted by Crippen LogP contribution is -2.44.